The molecule has 0 radical (unpaired) electrons. The van der Waals surface area contributed by atoms with Gasteiger partial charge >= 0.3 is 0 Å². The fraction of sp³-hybridized carbons (Fsp3) is 0.704. The Morgan fingerprint density at radius 3 is 2.77 bits per heavy atom. The third-order valence-electron chi connectivity index (χ3n) is 7.61. The number of hydrogen-bond acceptors (Lipinski definition) is 4. The Morgan fingerprint density at radius 1 is 1.32 bits per heavy atom. The van der Waals surface area contributed by atoms with Crippen molar-refractivity contribution in [2.24, 2.45) is 11.3 Å². The SMILES string of the molecule is C=C1C(=CC=C2CCC[C@]3(C)C([C@H](C)SCCCC(C)(C)O)=CC[C@@H]23)C[C@@H](O)C[C@@H]1O. The van der Waals surface area contributed by atoms with E-state index in [2.05, 4.69) is 38.7 Å². The van der Waals surface area contributed by atoms with Gasteiger partial charge in [0.15, 0.2) is 0 Å². The molecule has 3 aliphatic carbocycles. The van der Waals surface area contributed by atoms with E-state index in [4.69, 9.17) is 0 Å². The minimum absolute atomic E-state index is 0.230. The normalized spacial score (nSPS) is 35.4. The van der Waals surface area contributed by atoms with Crippen molar-refractivity contribution in [3.63, 3.8) is 0 Å². The van der Waals surface area contributed by atoms with Crippen molar-refractivity contribution < 1.29 is 15.3 Å². The molecule has 0 aromatic carbocycles. The first-order valence-electron chi connectivity index (χ1n) is 12.0. The van der Waals surface area contributed by atoms with Gasteiger partial charge in [-0.2, -0.15) is 11.8 Å². The van der Waals surface area contributed by atoms with E-state index in [1.54, 1.807) is 5.57 Å². The van der Waals surface area contributed by atoms with E-state index in [1.807, 2.05) is 25.6 Å². The number of thioether (sulfide) groups is 1. The number of rotatable bonds is 7. The second-order valence-electron chi connectivity index (χ2n) is 10.7. The van der Waals surface area contributed by atoms with Crippen LogP contribution in [0.25, 0.3) is 0 Å². The summed E-state index contributed by atoms with van der Waals surface area (Å²) in [5.74, 6) is 1.64. The monoisotopic (exact) mass is 446 g/mol. The quantitative estimate of drug-likeness (QED) is 0.346. The fourth-order valence-electron chi connectivity index (χ4n) is 5.80. The summed E-state index contributed by atoms with van der Waals surface area (Å²) in [4.78, 5) is 0. The van der Waals surface area contributed by atoms with Crippen molar-refractivity contribution in [2.45, 2.75) is 102 Å². The van der Waals surface area contributed by atoms with Gasteiger partial charge in [0.1, 0.15) is 0 Å². The van der Waals surface area contributed by atoms with E-state index < -0.39 is 17.8 Å². The van der Waals surface area contributed by atoms with Gasteiger partial charge in [-0.3, -0.25) is 0 Å². The molecule has 0 unspecified atom stereocenters. The highest BCUT2D eigenvalue weighted by atomic mass is 32.2. The largest absolute Gasteiger partial charge is 0.393 e. The summed E-state index contributed by atoms with van der Waals surface area (Å²) in [6, 6.07) is 0. The van der Waals surface area contributed by atoms with E-state index >= 15 is 0 Å². The molecule has 2 fully saturated rings. The van der Waals surface area contributed by atoms with Crippen LogP contribution in [0.15, 0.2) is 47.1 Å². The summed E-state index contributed by atoms with van der Waals surface area (Å²) >= 11 is 2.03. The van der Waals surface area contributed by atoms with Crippen LogP contribution in [0.1, 0.15) is 79.1 Å². The number of fused-ring (bicyclic) bond motifs is 1. The van der Waals surface area contributed by atoms with Crippen LogP contribution in [0.4, 0.5) is 0 Å². The summed E-state index contributed by atoms with van der Waals surface area (Å²) in [7, 11) is 0. The van der Waals surface area contributed by atoms with Crippen molar-refractivity contribution in [1.82, 2.24) is 0 Å². The van der Waals surface area contributed by atoms with Crippen molar-refractivity contribution in [2.75, 3.05) is 5.75 Å². The molecule has 0 aromatic heterocycles. The molecule has 4 heteroatoms. The Labute approximate surface area is 193 Å². The molecule has 2 saturated carbocycles. The summed E-state index contributed by atoms with van der Waals surface area (Å²) in [6.07, 6.45) is 13.4. The zero-order valence-electron chi connectivity index (χ0n) is 19.9. The van der Waals surface area contributed by atoms with Crippen LogP contribution in [0.5, 0.6) is 0 Å². The Hall–Kier alpha value is -0.810. The lowest BCUT2D eigenvalue weighted by Crippen LogP contribution is -2.33. The van der Waals surface area contributed by atoms with Gasteiger partial charge < -0.3 is 15.3 Å². The number of aliphatic hydroxyl groups excluding tert-OH is 2. The molecule has 0 bridgehead atoms. The lowest BCUT2D eigenvalue weighted by molar-refractivity contribution is 0.0706. The van der Waals surface area contributed by atoms with E-state index in [0.29, 0.717) is 24.0 Å². The summed E-state index contributed by atoms with van der Waals surface area (Å²) in [6.45, 7) is 12.6. The molecule has 3 nitrogen and oxygen atoms in total. The molecule has 0 spiro atoms. The second kappa shape index (κ2) is 9.99. The Morgan fingerprint density at radius 2 is 2.06 bits per heavy atom. The van der Waals surface area contributed by atoms with Crippen LogP contribution in [0, 0.1) is 11.3 Å². The fourth-order valence-corrected chi connectivity index (χ4v) is 7.01. The highest BCUT2D eigenvalue weighted by Crippen LogP contribution is 2.56. The standard InChI is InChI=1S/C27H42O3S/c1-18-21(16-22(28)17-25(18)29)10-9-20-8-6-14-27(5)23(11-12-24(20)27)19(2)31-15-7-13-26(3,4)30/h9-11,19,22,24-25,28-30H,1,6-8,12-17H2,2-5H3/t19-,22+,24-,25-,27+/m0/s1. The Kier molecular flexibility index (Phi) is 8.00. The third kappa shape index (κ3) is 5.96. The van der Waals surface area contributed by atoms with Crippen molar-refractivity contribution in [3.05, 3.63) is 47.1 Å². The molecule has 31 heavy (non-hydrogen) atoms. The smallest absolute Gasteiger partial charge is 0.0811 e. The number of hydrogen-bond donors (Lipinski definition) is 3. The van der Waals surface area contributed by atoms with Crippen molar-refractivity contribution in [1.29, 1.82) is 0 Å². The summed E-state index contributed by atoms with van der Waals surface area (Å²) in [5, 5.41) is 30.6. The van der Waals surface area contributed by atoms with E-state index in [0.717, 1.165) is 42.6 Å². The highest BCUT2D eigenvalue weighted by molar-refractivity contribution is 8.00. The van der Waals surface area contributed by atoms with Crippen molar-refractivity contribution >= 4 is 11.8 Å². The minimum Gasteiger partial charge on any atom is -0.393 e. The molecule has 174 valence electrons. The maximum atomic E-state index is 10.1. The summed E-state index contributed by atoms with van der Waals surface area (Å²) < 4.78 is 0. The van der Waals surface area contributed by atoms with Gasteiger partial charge in [-0.25, -0.2) is 0 Å². The van der Waals surface area contributed by atoms with Crippen LogP contribution in [0.3, 0.4) is 0 Å². The van der Waals surface area contributed by atoms with Crippen LogP contribution < -0.4 is 0 Å². The van der Waals surface area contributed by atoms with Crippen LogP contribution in [-0.4, -0.2) is 44.1 Å². The van der Waals surface area contributed by atoms with E-state index in [-0.39, 0.29) is 5.41 Å². The van der Waals surface area contributed by atoms with Gasteiger partial charge in [0, 0.05) is 11.7 Å². The lowest BCUT2D eigenvalue weighted by atomic mass is 9.64. The molecule has 0 heterocycles. The van der Waals surface area contributed by atoms with Gasteiger partial charge in [-0.15, -0.1) is 0 Å². The van der Waals surface area contributed by atoms with Crippen LogP contribution in [-0.2, 0) is 0 Å². The minimum atomic E-state index is -0.626. The van der Waals surface area contributed by atoms with E-state index in [1.165, 1.54) is 18.4 Å². The molecule has 0 saturated heterocycles. The van der Waals surface area contributed by atoms with Gasteiger partial charge in [-0.05, 0) is 93.9 Å². The summed E-state index contributed by atoms with van der Waals surface area (Å²) in [5.41, 5.74) is 4.54. The first-order valence-corrected chi connectivity index (χ1v) is 13.1. The van der Waals surface area contributed by atoms with Crippen LogP contribution >= 0.6 is 11.8 Å². The van der Waals surface area contributed by atoms with E-state index in [9.17, 15) is 15.3 Å². The first-order chi connectivity index (χ1) is 14.5. The molecule has 0 aromatic rings. The molecular weight excluding hydrogens is 404 g/mol. The first kappa shape index (κ1) is 24.8. The average molecular weight is 447 g/mol. The zero-order chi connectivity index (χ0) is 22.8. The molecule has 0 aliphatic heterocycles. The molecular formula is C27H42O3S. The third-order valence-corrected chi connectivity index (χ3v) is 8.89. The molecule has 3 aliphatic rings. The predicted molar refractivity (Wildman–Crippen MR) is 132 cm³/mol. The maximum absolute atomic E-state index is 10.1. The second-order valence-corrected chi connectivity index (χ2v) is 12.2. The van der Waals surface area contributed by atoms with Crippen molar-refractivity contribution in [3.8, 4) is 0 Å². The van der Waals surface area contributed by atoms with Gasteiger partial charge in [-0.1, -0.05) is 42.9 Å². The number of allylic oxidation sites excluding steroid dienone is 4. The zero-order valence-corrected chi connectivity index (χ0v) is 20.7. The molecule has 5 atom stereocenters. The van der Waals surface area contributed by atoms with Crippen LogP contribution in [0.2, 0.25) is 0 Å². The van der Waals surface area contributed by atoms with Gasteiger partial charge in [0.25, 0.3) is 0 Å². The Balaban J connectivity index is 1.66. The average Bonchev–Trinajstić information content (AvgIpc) is 3.03. The maximum Gasteiger partial charge on any atom is 0.0811 e. The van der Waals surface area contributed by atoms with Gasteiger partial charge in [0.2, 0.25) is 0 Å². The molecule has 3 N–H and O–H groups in total. The topological polar surface area (TPSA) is 60.7 Å². The Bertz CT molecular complexity index is 757. The molecule has 3 rings (SSSR count). The van der Waals surface area contributed by atoms with Gasteiger partial charge in [0.05, 0.1) is 17.8 Å². The lowest BCUT2D eigenvalue weighted by Gasteiger charge is -2.42. The number of aliphatic hydroxyl groups is 3. The highest BCUT2D eigenvalue weighted by Gasteiger charge is 2.46. The molecule has 0 amide bonds. The predicted octanol–water partition coefficient (Wildman–Crippen LogP) is 5.72.